The van der Waals surface area contributed by atoms with Crippen LogP contribution in [-0.4, -0.2) is 69.3 Å². The summed E-state index contributed by atoms with van der Waals surface area (Å²) in [6.07, 6.45) is 0.160. The summed E-state index contributed by atoms with van der Waals surface area (Å²) in [5.41, 5.74) is -6.84. The number of allylic oxidation sites excluding steroid dienone is 4. The molecule has 0 saturated heterocycles. The summed E-state index contributed by atoms with van der Waals surface area (Å²) >= 11 is 0.396. The van der Waals surface area contributed by atoms with Crippen LogP contribution in [0.3, 0.4) is 0 Å². The van der Waals surface area contributed by atoms with Crippen LogP contribution in [-0.2, 0) is 23.9 Å². The molecule has 9 atom stereocenters. The third-order valence-corrected chi connectivity index (χ3v) is 10.0. The Morgan fingerprint density at radius 3 is 2.33 bits per heavy atom. The third-order valence-electron chi connectivity index (χ3n) is 9.34. The van der Waals surface area contributed by atoms with Crippen molar-refractivity contribution in [3.8, 4) is 0 Å². The second-order valence-electron chi connectivity index (χ2n) is 11.1. The maximum atomic E-state index is 17.2. The molecule has 0 spiro atoms. The molecule has 1 unspecified atom stereocenters. The largest absolute Gasteiger partial charge is 0.479 e. The number of fused-ring (bicyclic) bond motifs is 5. The number of thioether (sulfide) groups is 1. The van der Waals surface area contributed by atoms with Crippen molar-refractivity contribution in [1.29, 1.82) is 0 Å². The lowest BCUT2D eigenvalue weighted by molar-refractivity contribution is -0.228. The Balaban J connectivity index is 0.000000771. The maximum absolute atomic E-state index is 17.2. The quantitative estimate of drug-likeness (QED) is 0.363. The minimum Gasteiger partial charge on any atom is -0.479 e. The molecular weight excluding hydrogens is 544 g/mol. The topological polar surface area (TPSA) is 118 Å². The van der Waals surface area contributed by atoms with Crippen LogP contribution in [0.15, 0.2) is 23.8 Å². The van der Waals surface area contributed by atoms with Crippen LogP contribution in [0.4, 0.5) is 17.6 Å². The van der Waals surface area contributed by atoms with Crippen LogP contribution in [0.25, 0.3) is 0 Å². The average Bonchev–Trinajstić information content (AvgIpc) is 3.09. The summed E-state index contributed by atoms with van der Waals surface area (Å²) in [4.78, 5) is 46.8. The van der Waals surface area contributed by atoms with Gasteiger partial charge in [-0.05, 0) is 61.6 Å². The van der Waals surface area contributed by atoms with E-state index in [1.807, 2.05) is 0 Å². The minimum atomic E-state index is -2.30. The van der Waals surface area contributed by atoms with Gasteiger partial charge in [-0.2, -0.15) is 0 Å². The molecule has 3 saturated carbocycles. The molecule has 4 rings (SSSR count). The van der Waals surface area contributed by atoms with Crippen molar-refractivity contribution in [3.05, 3.63) is 23.8 Å². The first kappa shape index (κ1) is 31.3. The molecule has 39 heavy (non-hydrogen) atoms. The number of aliphatic hydroxyl groups is 1. The number of ether oxygens (including phenoxy) is 1. The molecule has 12 heteroatoms. The van der Waals surface area contributed by atoms with Gasteiger partial charge in [0, 0.05) is 29.1 Å². The molecular formula is C27H34F4O7S. The summed E-state index contributed by atoms with van der Waals surface area (Å²) in [6.45, 7) is 5.17. The van der Waals surface area contributed by atoms with Gasteiger partial charge in [0.1, 0.15) is 12.2 Å². The van der Waals surface area contributed by atoms with Crippen molar-refractivity contribution in [2.75, 3.05) is 12.7 Å². The van der Waals surface area contributed by atoms with Gasteiger partial charge in [-0.1, -0.05) is 26.8 Å². The number of alkyl halides is 4. The van der Waals surface area contributed by atoms with Crippen LogP contribution in [0, 0.1) is 28.6 Å². The molecule has 0 amide bonds. The minimum absolute atomic E-state index is 0.0141. The summed E-state index contributed by atoms with van der Waals surface area (Å²) in [5, 5.41) is 18.1. The van der Waals surface area contributed by atoms with E-state index in [9.17, 15) is 28.3 Å². The molecule has 4 aliphatic rings. The molecule has 218 valence electrons. The van der Waals surface area contributed by atoms with Crippen molar-refractivity contribution in [2.45, 2.75) is 76.9 Å². The number of carboxylic acid groups (broad SMARTS) is 1. The Hall–Kier alpha value is -2.21. The molecule has 0 aromatic carbocycles. The fraction of sp³-hybridized carbons (Fsp3) is 0.704. The fourth-order valence-corrected chi connectivity index (χ4v) is 8.42. The SMILES string of the molecule is CCC(=O)O[C@]1(C(=O)SCF)[C@H](C)C[C@H]2C3C[C@H](F)C4=CC(=O)C=C[C@]4(C)[C@@]3(F)[C@@H](O)C[C@@]21C.O=C(O)CF. The molecule has 0 bridgehead atoms. The van der Waals surface area contributed by atoms with Crippen molar-refractivity contribution < 1.29 is 51.7 Å². The molecule has 2 N–H and O–H groups in total. The molecule has 7 nitrogen and oxygen atoms in total. The molecule has 0 aromatic heterocycles. The van der Waals surface area contributed by atoms with E-state index in [1.165, 1.54) is 19.1 Å². The standard InChI is InChI=1S/C25H31F3O5S.C2H3FO2/c1-5-20(31)33-25(21(32)34-12-26)13(2)8-15-16-10-18(27)17-9-14(29)6-7-22(17,3)24(16,28)19(30)11-23(15,25)4;3-1-2(4)5/h6-7,9,13,15-16,18-19,30H,5,8,10-12H2,1-4H3;1H2,(H,4,5)/t13-,15+,16?,18+,19+,22+,23+,24+,25+;/m1./s1. The Bertz CT molecular complexity index is 1100. The molecule has 0 aliphatic heterocycles. The zero-order valence-electron chi connectivity index (χ0n) is 22.2. The highest BCUT2D eigenvalue weighted by molar-refractivity contribution is 8.13. The van der Waals surface area contributed by atoms with Gasteiger partial charge in [0.25, 0.3) is 0 Å². The number of hydrogen-bond donors (Lipinski definition) is 2. The van der Waals surface area contributed by atoms with E-state index in [0.717, 1.165) is 6.08 Å². The van der Waals surface area contributed by atoms with E-state index >= 15 is 8.78 Å². The highest BCUT2D eigenvalue weighted by atomic mass is 32.2. The van der Waals surface area contributed by atoms with Gasteiger partial charge in [-0.15, -0.1) is 0 Å². The first-order chi connectivity index (χ1) is 18.1. The lowest BCUT2D eigenvalue weighted by Gasteiger charge is -2.63. The molecule has 0 aromatic rings. The molecule has 3 fully saturated rings. The summed E-state index contributed by atoms with van der Waals surface area (Å²) in [7, 11) is 0. The van der Waals surface area contributed by atoms with E-state index in [1.54, 1.807) is 20.8 Å². The Morgan fingerprint density at radius 1 is 1.18 bits per heavy atom. The second-order valence-corrected chi connectivity index (χ2v) is 12.0. The number of ketones is 1. The summed E-state index contributed by atoms with van der Waals surface area (Å²) in [6, 6.07) is -1.02. The Labute approximate surface area is 228 Å². The number of halogens is 4. The van der Waals surface area contributed by atoms with Gasteiger partial charge in [0.2, 0.25) is 5.12 Å². The van der Waals surface area contributed by atoms with Crippen LogP contribution in [0.5, 0.6) is 0 Å². The van der Waals surface area contributed by atoms with Gasteiger partial charge in [-0.25, -0.2) is 22.4 Å². The number of carboxylic acids is 1. The number of aliphatic carboxylic acids is 1. The lowest BCUT2D eigenvalue weighted by Crippen LogP contribution is -2.70. The zero-order chi connectivity index (χ0) is 29.6. The number of carbonyl (C=O) groups excluding carboxylic acids is 3. The van der Waals surface area contributed by atoms with Crippen LogP contribution < -0.4 is 0 Å². The first-order valence-electron chi connectivity index (χ1n) is 12.8. The van der Waals surface area contributed by atoms with E-state index in [0.29, 0.717) is 11.8 Å². The monoisotopic (exact) mass is 578 g/mol. The Kier molecular flexibility index (Phi) is 8.82. The van der Waals surface area contributed by atoms with Gasteiger partial charge < -0.3 is 14.9 Å². The number of esters is 1. The maximum Gasteiger partial charge on any atom is 0.335 e. The van der Waals surface area contributed by atoms with Crippen LogP contribution in [0.2, 0.25) is 0 Å². The zero-order valence-corrected chi connectivity index (χ0v) is 23.0. The van der Waals surface area contributed by atoms with Crippen LogP contribution >= 0.6 is 11.8 Å². The van der Waals surface area contributed by atoms with Gasteiger partial charge in [0.15, 0.2) is 23.7 Å². The third kappa shape index (κ3) is 4.55. The van der Waals surface area contributed by atoms with Crippen molar-refractivity contribution in [1.82, 2.24) is 0 Å². The van der Waals surface area contributed by atoms with E-state index in [4.69, 9.17) is 14.6 Å². The van der Waals surface area contributed by atoms with E-state index in [2.05, 4.69) is 0 Å². The fourth-order valence-electron chi connectivity index (χ4n) is 7.63. The predicted octanol–water partition coefficient (Wildman–Crippen LogP) is 4.47. The Morgan fingerprint density at radius 2 is 1.79 bits per heavy atom. The highest BCUT2D eigenvalue weighted by Crippen LogP contribution is 2.72. The lowest BCUT2D eigenvalue weighted by atomic mass is 9.44. The number of aliphatic hydroxyl groups excluding tert-OH is 1. The van der Waals surface area contributed by atoms with Crippen molar-refractivity contribution >= 4 is 34.6 Å². The molecule has 4 aliphatic carbocycles. The van der Waals surface area contributed by atoms with Crippen LogP contribution in [0.1, 0.15) is 53.4 Å². The second kappa shape index (κ2) is 11.0. The normalized spacial score (nSPS) is 42.2. The highest BCUT2D eigenvalue weighted by Gasteiger charge is 2.78. The molecule has 0 radical (unpaired) electrons. The van der Waals surface area contributed by atoms with E-state index in [-0.39, 0.29) is 31.3 Å². The van der Waals surface area contributed by atoms with Gasteiger partial charge >= 0.3 is 11.9 Å². The smallest absolute Gasteiger partial charge is 0.335 e. The van der Waals surface area contributed by atoms with Gasteiger partial charge in [0.05, 0.1) is 6.10 Å². The van der Waals surface area contributed by atoms with Gasteiger partial charge in [-0.3, -0.25) is 14.4 Å². The first-order valence-corrected chi connectivity index (χ1v) is 13.8. The predicted molar refractivity (Wildman–Crippen MR) is 134 cm³/mol. The summed E-state index contributed by atoms with van der Waals surface area (Å²) in [5.74, 6) is -4.71. The number of hydrogen-bond acceptors (Lipinski definition) is 7. The van der Waals surface area contributed by atoms with E-state index < -0.39 is 87.6 Å². The number of carbonyl (C=O) groups is 4. The summed E-state index contributed by atoms with van der Waals surface area (Å²) < 4.78 is 62.3. The number of rotatable bonds is 5. The van der Waals surface area contributed by atoms with Crippen molar-refractivity contribution in [2.24, 2.45) is 28.6 Å². The van der Waals surface area contributed by atoms with Crippen molar-refractivity contribution in [3.63, 3.8) is 0 Å². The average molecular weight is 579 g/mol. The molecule has 0 heterocycles.